The van der Waals surface area contributed by atoms with Crippen LogP contribution in [0, 0.1) is 0 Å². The molecular formula is C18H28N2O4. The average Bonchev–Trinajstić information content (AvgIpc) is 3.27. The van der Waals surface area contributed by atoms with Crippen LogP contribution in [-0.4, -0.2) is 54.3 Å². The van der Waals surface area contributed by atoms with Crippen LogP contribution in [0.15, 0.2) is 22.8 Å². The van der Waals surface area contributed by atoms with Crippen molar-refractivity contribution < 1.29 is 19.1 Å². The van der Waals surface area contributed by atoms with Gasteiger partial charge in [0.1, 0.15) is 11.4 Å². The van der Waals surface area contributed by atoms with Crippen molar-refractivity contribution in [1.82, 2.24) is 10.2 Å². The van der Waals surface area contributed by atoms with Crippen molar-refractivity contribution in [2.24, 2.45) is 0 Å². The Bertz CT molecular complexity index is 529. The van der Waals surface area contributed by atoms with Gasteiger partial charge in [-0.25, -0.2) is 0 Å². The van der Waals surface area contributed by atoms with E-state index in [0.29, 0.717) is 12.2 Å². The molecule has 24 heavy (non-hydrogen) atoms. The molecule has 6 heteroatoms. The monoisotopic (exact) mass is 336 g/mol. The van der Waals surface area contributed by atoms with Gasteiger partial charge in [-0.15, -0.1) is 0 Å². The average molecular weight is 336 g/mol. The molecule has 0 bridgehead atoms. The summed E-state index contributed by atoms with van der Waals surface area (Å²) in [5.74, 6) is 0.460. The zero-order chi connectivity index (χ0) is 17.0. The van der Waals surface area contributed by atoms with Gasteiger partial charge in [0, 0.05) is 25.0 Å². The van der Waals surface area contributed by atoms with E-state index in [2.05, 4.69) is 10.2 Å². The Labute approximate surface area is 143 Å². The van der Waals surface area contributed by atoms with Crippen LogP contribution in [0.2, 0.25) is 0 Å². The molecule has 2 fully saturated rings. The lowest BCUT2D eigenvalue weighted by atomic mass is 9.89. The predicted octanol–water partition coefficient (Wildman–Crippen LogP) is 1.64. The van der Waals surface area contributed by atoms with E-state index in [-0.39, 0.29) is 18.0 Å². The van der Waals surface area contributed by atoms with Crippen molar-refractivity contribution in [2.75, 3.05) is 32.8 Å². The number of hydrogen-bond donors (Lipinski definition) is 2. The molecule has 2 aliphatic rings. The summed E-state index contributed by atoms with van der Waals surface area (Å²) >= 11 is 0. The normalized spacial score (nSPS) is 23.8. The first-order valence-corrected chi connectivity index (χ1v) is 8.88. The number of ether oxygens (including phenoxy) is 1. The van der Waals surface area contributed by atoms with E-state index in [1.807, 2.05) is 0 Å². The van der Waals surface area contributed by atoms with Crippen LogP contribution in [0.3, 0.4) is 0 Å². The fraction of sp³-hybridized carbons (Fsp3) is 0.722. The van der Waals surface area contributed by atoms with Gasteiger partial charge in [0.25, 0.3) is 0 Å². The Morgan fingerprint density at radius 2 is 2.08 bits per heavy atom. The van der Waals surface area contributed by atoms with E-state index < -0.39 is 5.60 Å². The van der Waals surface area contributed by atoms with Gasteiger partial charge < -0.3 is 19.6 Å². The number of furan rings is 1. The highest BCUT2D eigenvalue weighted by molar-refractivity contribution is 5.77. The second-order valence-corrected chi connectivity index (χ2v) is 7.24. The predicted molar refractivity (Wildman–Crippen MR) is 89.5 cm³/mol. The molecule has 1 amide bonds. The first kappa shape index (κ1) is 17.5. The van der Waals surface area contributed by atoms with Crippen molar-refractivity contribution in [3.8, 4) is 0 Å². The summed E-state index contributed by atoms with van der Waals surface area (Å²) in [6, 6.07) is 3.45. The van der Waals surface area contributed by atoms with Crippen molar-refractivity contribution in [3.63, 3.8) is 0 Å². The van der Waals surface area contributed by atoms with Gasteiger partial charge in [0.2, 0.25) is 5.91 Å². The highest BCUT2D eigenvalue weighted by Crippen LogP contribution is 2.38. The first-order valence-electron chi connectivity index (χ1n) is 8.88. The van der Waals surface area contributed by atoms with Gasteiger partial charge in [-0.05, 0) is 31.9 Å². The van der Waals surface area contributed by atoms with Gasteiger partial charge in [-0.1, -0.05) is 12.8 Å². The highest BCUT2D eigenvalue weighted by atomic mass is 16.5. The Morgan fingerprint density at radius 1 is 1.38 bits per heavy atom. The fourth-order valence-electron chi connectivity index (χ4n) is 3.98. The molecule has 1 aliphatic carbocycles. The molecule has 134 valence electrons. The first-order chi connectivity index (χ1) is 11.5. The minimum Gasteiger partial charge on any atom is -0.466 e. The molecule has 0 unspecified atom stereocenters. The third-order valence-corrected chi connectivity index (χ3v) is 5.39. The number of hydrogen-bond acceptors (Lipinski definition) is 5. The summed E-state index contributed by atoms with van der Waals surface area (Å²) < 4.78 is 10.7. The molecular weight excluding hydrogens is 308 g/mol. The molecule has 3 rings (SSSR count). The van der Waals surface area contributed by atoms with E-state index in [1.54, 1.807) is 19.1 Å². The van der Waals surface area contributed by atoms with Crippen LogP contribution in [0.5, 0.6) is 0 Å². The maximum Gasteiger partial charge on any atom is 0.221 e. The van der Waals surface area contributed by atoms with Gasteiger partial charge in [0.15, 0.2) is 0 Å². The zero-order valence-corrected chi connectivity index (χ0v) is 14.4. The molecule has 0 spiro atoms. The van der Waals surface area contributed by atoms with Crippen LogP contribution < -0.4 is 5.32 Å². The lowest BCUT2D eigenvalue weighted by molar-refractivity contribution is -0.126. The maximum absolute atomic E-state index is 12.6. The van der Waals surface area contributed by atoms with Crippen LogP contribution >= 0.6 is 0 Å². The SMILES string of the molecule is C[C@@](O)(CNC(=O)CC1(N2CCOCC2)CCCC1)c1ccco1. The molecule has 6 nitrogen and oxygen atoms in total. The summed E-state index contributed by atoms with van der Waals surface area (Å²) in [6.45, 7) is 5.10. The van der Waals surface area contributed by atoms with Gasteiger partial charge in [-0.3, -0.25) is 9.69 Å². The van der Waals surface area contributed by atoms with Crippen molar-refractivity contribution in [3.05, 3.63) is 24.2 Å². The molecule has 0 radical (unpaired) electrons. The van der Waals surface area contributed by atoms with Gasteiger partial charge >= 0.3 is 0 Å². The smallest absolute Gasteiger partial charge is 0.221 e. The molecule has 0 aromatic carbocycles. The number of carbonyl (C=O) groups is 1. The van der Waals surface area contributed by atoms with Crippen LogP contribution in [0.25, 0.3) is 0 Å². The summed E-state index contributed by atoms with van der Waals surface area (Å²) in [4.78, 5) is 15.0. The Hall–Kier alpha value is -1.37. The third kappa shape index (κ3) is 3.82. The summed E-state index contributed by atoms with van der Waals surface area (Å²) in [6.07, 6.45) is 6.49. The Balaban J connectivity index is 1.58. The minimum atomic E-state index is -1.19. The second kappa shape index (κ2) is 7.25. The number of rotatable bonds is 6. The minimum absolute atomic E-state index is 0.00442. The molecule has 2 N–H and O–H groups in total. The number of nitrogens with zero attached hydrogens (tertiary/aromatic N) is 1. The highest BCUT2D eigenvalue weighted by Gasteiger charge is 2.42. The number of nitrogens with one attached hydrogen (secondary N) is 1. The molecule has 1 aliphatic heterocycles. The number of aliphatic hydroxyl groups is 1. The lowest BCUT2D eigenvalue weighted by Gasteiger charge is -2.43. The van der Waals surface area contributed by atoms with Gasteiger partial charge in [0.05, 0.1) is 26.0 Å². The lowest BCUT2D eigenvalue weighted by Crippen LogP contribution is -2.54. The molecule has 1 aromatic heterocycles. The van der Waals surface area contributed by atoms with Crippen LogP contribution in [0.4, 0.5) is 0 Å². The largest absolute Gasteiger partial charge is 0.466 e. The van der Waals surface area contributed by atoms with E-state index in [4.69, 9.17) is 9.15 Å². The molecule has 1 aromatic rings. The Kier molecular flexibility index (Phi) is 5.27. The zero-order valence-electron chi connectivity index (χ0n) is 14.4. The van der Waals surface area contributed by atoms with Gasteiger partial charge in [-0.2, -0.15) is 0 Å². The number of morpholine rings is 1. The second-order valence-electron chi connectivity index (χ2n) is 7.24. The maximum atomic E-state index is 12.6. The number of amides is 1. The van der Waals surface area contributed by atoms with E-state index in [9.17, 15) is 9.90 Å². The van der Waals surface area contributed by atoms with Crippen LogP contribution in [0.1, 0.15) is 44.8 Å². The molecule has 1 saturated carbocycles. The fourth-order valence-corrected chi connectivity index (χ4v) is 3.98. The molecule has 2 heterocycles. The van der Waals surface area contributed by atoms with Crippen molar-refractivity contribution in [2.45, 2.75) is 50.2 Å². The van der Waals surface area contributed by atoms with E-state index in [1.165, 1.54) is 19.1 Å². The summed E-state index contributed by atoms with van der Waals surface area (Å²) in [7, 11) is 0. The van der Waals surface area contributed by atoms with E-state index in [0.717, 1.165) is 39.1 Å². The quantitative estimate of drug-likeness (QED) is 0.826. The van der Waals surface area contributed by atoms with Crippen LogP contribution in [-0.2, 0) is 15.1 Å². The summed E-state index contributed by atoms with van der Waals surface area (Å²) in [5.41, 5.74) is -1.23. The third-order valence-electron chi connectivity index (χ3n) is 5.39. The molecule has 1 atom stereocenters. The van der Waals surface area contributed by atoms with Crippen molar-refractivity contribution in [1.29, 1.82) is 0 Å². The van der Waals surface area contributed by atoms with Crippen molar-refractivity contribution >= 4 is 5.91 Å². The number of carbonyl (C=O) groups excluding carboxylic acids is 1. The van der Waals surface area contributed by atoms with E-state index >= 15 is 0 Å². The Morgan fingerprint density at radius 3 is 2.71 bits per heavy atom. The summed E-state index contributed by atoms with van der Waals surface area (Å²) in [5, 5.41) is 13.4. The standard InChI is InChI=1S/C18H28N2O4/c1-17(22,15-5-4-10-24-15)14-19-16(21)13-18(6-2-3-7-18)20-8-11-23-12-9-20/h4-5,10,22H,2-3,6-9,11-14H2,1H3,(H,19,21)/t17-/m1/s1. The molecule has 1 saturated heterocycles. The topological polar surface area (TPSA) is 74.9 Å².